The summed E-state index contributed by atoms with van der Waals surface area (Å²) >= 11 is 12.0. The van der Waals surface area contributed by atoms with E-state index in [1.54, 1.807) is 12.1 Å². The molecule has 0 saturated heterocycles. The van der Waals surface area contributed by atoms with E-state index in [4.69, 9.17) is 23.2 Å². The third-order valence-electron chi connectivity index (χ3n) is 4.41. The van der Waals surface area contributed by atoms with E-state index in [1.807, 2.05) is 72.8 Å². The largest absolute Gasteiger partial charge is 0.321 e. The lowest BCUT2D eigenvalue weighted by Crippen LogP contribution is -2.11. The number of hydrogen-bond donors (Lipinski definition) is 1. The van der Waals surface area contributed by atoms with Crippen molar-refractivity contribution in [3.63, 3.8) is 0 Å². The summed E-state index contributed by atoms with van der Waals surface area (Å²) in [6.07, 6.45) is 0. The first kappa shape index (κ1) is 17.6. The molecule has 0 saturated carbocycles. The van der Waals surface area contributed by atoms with Crippen LogP contribution in [-0.4, -0.2) is 4.98 Å². The number of nitrogens with one attached hydrogen (secondary N) is 1. The number of aromatic nitrogens is 1. The molecule has 1 aromatic heterocycles. The van der Waals surface area contributed by atoms with Crippen molar-refractivity contribution in [2.24, 2.45) is 0 Å². The van der Waals surface area contributed by atoms with Crippen LogP contribution in [0.1, 0.15) is 0 Å². The Morgan fingerprint density at radius 3 is 1.78 bits per heavy atom. The van der Waals surface area contributed by atoms with Gasteiger partial charge in [0.1, 0.15) is 0 Å². The van der Waals surface area contributed by atoms with E-state index in [9.17, 15) is 4.79 Å². The zero-order valence-corrected chi connectivity index (χ0v) is 15.8. The average molecular weight is 392 g/mol. The molecule has 0 amide bonds. The fourth-order valence-corrected chi connectivity index (χ4v) is 3.35. The van der Waals surface area contributed by atoms with Gasteiger partial charge in [-0.05, 0) is 52.6 Å². The number of benzene rings is 3. The molecular formula is C23H15Cl2NO. The van der Waals surface area contributed by atoms with E-state index in [0.717, 1.165) is 27.9 Å². The molecule has 1 N–H and O–H groups in total. The van der Waals surface area contributed by atoms with Crippen LogP contribution < -0.4 is 5.56 Å². The molecule has 0 bridgehead atoms. The molecule has 2 nitrogen and oxygen atoms in total. The molecule has 0 aliphatic carbocycles. The third-order valence-corrected chi connectivity index (χ3v) is 4.91. The van der Waals surface area contributed by atoms with E-state index >= 15 is 0 Å². The molecule has 0 aliphatic heterocycles. The van der Waals surface area contributed by atoms with Gasteiger partial charge in [-0.2, -0.15) is 0 Å². The van der Waals surface area contributed by atoms with Crippen LogP contribution in [0, 0.1) is 0 Å². The van der Waals surface area contributed by atoms with Gasteiger partial charge >= 0.3 is 0 Å². The highest BCUT2D eigenvalue weighted by atomic mass is 35.5. The van der Waals surface area contributed by atoms with E-state index < -0.39 is 0 Å². The molecule has 27 heavy (non-hydrogen) atoms. The van der Waals surface area contributed by atoms with Gasteiger partial charge in [0.15, 0.2) is 0 Å². The molecule has 3 aromatic carbocycles. The van der Waals surface area contributed by atoms with Gasteiger partial charge in [0.25, 0.3) is 5.56 Å². The monoisotopic (exact) mass is 391 g/mol. The first-order valence-corrected chi connectivity index (χ1v) is 9.22. The zero-order chi connectivity index (χ0) is 18.8. The van der Waals surface area contributed by atoms with E-state index in [2.05, 4.69) is 4.98 Å². The van der Waals surface area contributed by atoms with Gasteiger partial charge in [-0.1, -0.05) is 77.8 Å². The Labute approximate surface area is 167 Å². The first-order chi connectivity index (χ1) is 13.1. The maximum Gasteiger partial charge on any atom is 0.256 e. The quantitative estimate of drug-likeness (QED) is 0.414. The number of pyridine rings is 1. The van der Waals surface area contributed by atoms with Crippen LogP contribution in [-0.2, 0) is 0 Å². The van der Waals surface area contributed by atoms with Crippen LogP contribution in [0.2, 0.25) is 10.0 Å². The van der Waals surface area contributed by atoms with Crippen molar-refractivity contribution >= 4 is 23.2 Å². The van der Waals surface area contributed by atoms with Crippen LogP contribution in [0.25, 0.3) is 33.5 Å². The van der Waals surface area contributed by atoms with Gasteiger partial charge in [0.05, 0.1) is 5.56 Å². The van der Waals surface area contributed by atoms with Crippen LogP contribution in [0.3, 0.4) is 0 Å². The smallest absolute Gasteiger partial charge is 0.256 e. The standard InChI is InChI=1S/C23H15Cl2NO/c24-18-10-6-16(7-11-18)21-14-20(15-4-2-1-3-5-15)22(23(27)26-21)17-8-12-19(25)13-9-17/h1-14H,(H,26,27). The van der Waals surface area contributed by atoms with E-state index in [1.165, 1.54) is 0 Å². The molecule has 0 unspecified atom stereocenters. The number of hydrogen-bond acceptors (Lipinski definition) is 1. The Hall–Kier alpha value is -2.81. The Balaban J connectivity index is 1.97. The Morgan fingerprint density at radius 2 is 1.19 bits per heavy atom. The molecule has 132 valence electrons. The molecule has 0 atom stereocenters. The van der Waals surface area contributed by atoms with Gasteiger partial charge in [-0.15, -0.1) is 0 Å². The van der Waals surface area contributed by atoms with Crippen LogP contribution >= 0.6 is 23.2 Å². The molecule has 4 heteroatoms. The Morgan fingerprint density at radius 1 is 0.630 bits per heavy atom. The summed E-state index contributed by atoms with van der Waals surface area (Å²) in [6, 6.07) is 26.6. The SMILES string of the molecule is O=c1[nH]c(-c2ccc(Cl)cc2)cc(-c2ccccc2)c1-c1ccc(Cl)cc1. The Bertz CT molecular complexity index is 1130. The fraction of sp³-hybridized carbons (Fsp3) is 0. The van der Waals surface area contributed by atoms with E-state index in [0.29, 0.717) is 15.6 Å². The lowest BCUT2D eigenvalue weighted by Gasteiger charge is -2.12. The number of halogens is 2. The van der Waals surface area contributed by atoms with Crippen LogP contribution in [0.5, 0.6) is 0 Å². The summed E-state index contributed by atoms with van der Waals surface area (Å²) in [7, 11) is 0. The lowest BCUT2D eigenvalue weighted by molar-refractivity contribution is 1.24. The van der Waals surface area contributed by atoms with Crippen LogP contribution in [0.4, 0.5) is 0 Å². The molecule has 0 spiro atoms. The predicted octanol–water partition coefficient (Wildman–Crippen LogP) is 6.68. The minimum Gasteiger partial charge on any atom is -0.321 e. The molecule has 0 fully saturated rings. The maximum atomic E-state index is 13.0. The highest BCUT2D eigenvalue weighted by Gasteiger charge is 2.14. The summed E-state index contributed by atoms with van der Waals surface area (Å²) in [5, 5.41) is 1.29. The minimum absolute atomic E-state index is 0.149. The molecule has 4 aromatic rings. The van der Waals surface area contributed by atoms with E-state index in [-0.39, 0.29) is 5.56 Å². The second-order valence-corrected chi connectivity index (χ2v) is 7.05. The maximum absolute atomic E-state index is 13.0. The highest BCUT2D eigenvalue weighted by molar-refractivity contribution is 6.30. The predicted molar refractivity (Wildman–Crippen MR) is 113 cm³/mol. The molecular weight excluding hydrogens is 377 g/mol. The van der Waals surface area contributed by atoms with Crippen molar-refractivity contribution in [1.82, 2.24) is 4.98 Å². The second-order valence-electron chi connectivity index (χ2n) is 6.18. The summed E-state index contributed by atoms with van der Waals surface area (Å²) in [5.74, 6) is 0. The normalized spacial score (nSPS) is 10.7. The number of aromatic amines is 1. The number of rotatable bonds is 3. The van der Waals surface area contributed by atoms with Gasteiger partial charge in [0.2, 0.25) is 0 Å². The van der Waals surface area contributed by atoms with Gasteiger partial charge in [0, 0.05) is 15.7 Å². The van der Waals surface area contributed by atoms with Crippen molar-refractivity contribution in [2.45, 2.75) is 0 Å². The molecule has 0 radical (unpaired) electrons. The molecule has 1 heterocycles. The average Bonchev–Trinajstić information content (AvgIpc) is 2.69. The second kappa shape index (κ2) is 7.43. The summed E-state index contributed by atoms with van der Waals surface area (Å²) in [4.78, 5) is 16.0. The summed E-state index contributed by atoms with van der Waals surface area (Å²) in [5.41, 5.74) is 4.78. The topological polar surface area (TPSA) is 32.9 Å². The first-order valence-electron chi connectivity index (χ1n) is 8.46. The van der Waals surface area contributed by atoms with Crippen molar-refractivity contribution in [2.75, 3.05) is 0 Å². The number of H-pyrrole nitrogens is 1. The summed E-state index contributed by atoms with van der Waals surface area (Å²) in [6.45, 7) is 0. The van der Waals surface area contributed by atoms with Gasteiger partial charge in [-0.25, -0.2) is 0 Å². The molecule has 4 rings (SSSR count). The van der Waals surface area contributed by atoms with Crippen molar-refractivity contribution < 1.29 is 0 Å². The minimum atomic E-state index is -0.149. The van der Waals surface area contributed by atoms with Crippen molar-refractivity contribution in [3.8, 4) is 33.5 Å². The van der Waals surface area contributed by atoms with Crippen molar-refractivity contribution in [1.29, 1.82) is 0 Å². The fourth-order valence-electron chi connectivity index (χ4n) is 3.09. The zero-order valence-electron chi connectivity index (χ0n) is 14.2. The third kappa shape index (κ3) is 3.68. The van der Waals surface area contributed by atoms with Crippen molar-refractivity contribution in [3.05, 3.63) is 105 Å². The summed E-state index contributed by atoms with van der Waals surface area (Å²) < 4.78 is 0. The van der Waals surface area contributed by atoms with Gasteiger partial charge < -0.3 is 4.98 Å². The van der Waals surface area contributed by atoms with Gasteiger partial charge in [-0.3, -0.25) is 4.79 Å². The highest BCUT2D eigenvalue weighted by Crippen LogP contribution is 2.32. The molecule has 0 aliphatic rings. The lowest BCUT2D eigenvalue weighted by atomic mass is 9.94. The Kier molecular flexibility index (Phi) is 4.85. The van der Waals surface area contributed by atoms with Crippen LogP contribution in [0.15, 0.2) is 89.7 Å².